The van der Waals surface area contributed by atoms with E-state index >= 15 is 0 Å². The summed E-state index contributed by atoms with van der Waals surface area (Å²) in [6.45, 7) is 0.378. The van der Waals surface area contributed by atoms with Gasteiger partial charge in [-0.3, -0.25) is 14.8 Å². The van der Waals surface area contributed by atoms with Crippen molar-refractivity contribution in [3.8, 4) is 28.1 Å². The Morgan fingerprint density at radius 2 is 1.71 bits per heavy atom. The van der Waals surface area contributed by atoms with Gasteiger partial charge in [0.2, 0.25) is 0 Å². The van der Waals surface area contributed by atoms with Crippen molar-refractivity contribution in [2.45, 2.75) is 6.54 Å². The van der Waals surface area contributed by atoms with Crippen molar-refractivity contribution in [3.63, 3.8) is 0 Å². The van der Waals surface area contributed by atoms with Crippen molar-refractivity contribution in [2.75, 3.05) is 7.11 Å². The van der Waals surface area contributed by atoms with E-state index in [1.54, 1.807) is 31.6 Å². The second-order valence-electron chi connectivity index (χ2n) is 7.87. The second-order valence-corrected chi connectivity index (χ2v) is 7.87. The zero-order valence-electron chi connectivity index (χ0n) is 18.7. The van der Waals surface area contributed by atoms with Crippen LogP contribution in [0.15, 0.2) is 104 Å². The van der Waals surface area contributed by atoms with Crippen LogP contribution in [0.2, 0.25) is 0 Å². The van der Waals surface area contributed by atoms with Crippen LogP contribution >= 0.6 is 0 Å². The Labute approximate surface area is 198 Å². The van der Waals surface area contributed by atoms with Crippen LogP contribution in [0.5, 0.6) is 5.75 Å². The smallest absolute Gasteiger partial charge is 0.253 e. The Morgan fingerprint density at radius 3 is 2.56 bits per heavy atom. The van der Waals surface area contributed by atoms with Crippen molar-refractivity contribution >= 4 is 16.7 Å². The molecule has 0 saturated heterocycles. The Morgan fingerprint density at radius 1 is 0.853 bits per heavy atom. The van der Waals surface area contributed by atoms with Crippen LogP contribution in [0.3, 0.4) is 0 Å². The fourth-order valence-corrected chi connectivity index (χ4v) is 4.13. The van der Waals surface area contributed by atoms with E-state index in [9.17, 15) is 4.79 Å². The number of hydrogen-bond acceptors (Lipinski definition) is 4. The van der Waals surface area contributed by atoms with Gasteiger partial charge in [0.05, 0.1) is 18.4 Å². The third kappa shape index (κ3) is 4.24. The highest BCUT2D eigenvalue weighted by Gasteiger charge is 2.15. The summed E-state index contributed by atoms with van der Waals surface area (Å²) >= 11 is 0. The summed E-state index contributed by atoms with van der Waals surface area (Å²) in [6.07, 6.45) is 5.34. The molecule has 5 rings (SSSR count). The number of methoxy groups -OCH3 is 1. The molecule has 0 saturated carbocycles. The molecular weight excluding hydrogens is 422 g/mol. The molecule has 1 N–H and O–H groups in total. The highest BCUT2D eigenvalue weighted by atomic mass is 16.5. The van der Waals surface area contributed by atoms with Gasteiger partial charge in [-0.1, -0.05) is 54.6 Å². The summed E-state index contributed by atoms with van der Waals surface area (Å²) in [7, 11) is 1.67. The van der Waals surface area contributed by atoms with Crippen molar-refractivity contribution in [2.24, 2.45) is 0 Å². The van der Waals surface area contributed by atoms with E-state index in [2.05, 4.69) is 27.4 Å². The summed E-state index contributed by atoms with van der Waals surface area (Å²) in [6, 6.07) is 27.4. The Hall–Kier alpha value is -4.51. The third-order valence-corrected chi connectivity index (χ3v) is 5.83. The molecule has 5 heteroatoms. The zero-order chi connectivity index (χ0) is 23.3. The molecule has 0 atom stereocenters. The molecule has 3 aromatic carbocycles. The third-order valence-electron chi connectivity index (χ3n) is 5.83. The molecule has 0 unspecified atom stereocenters. The number of amides is 1. The predicted molar refractivity (Wildman–Crippen MR) is 135 cm³/mol. The number of rotatable bonds is 6. The van der Waals surface area contributed by atoms with Gasteiger partial charge in [0.15, 0.2) is 0 Å². The van der Waals surface area contributed by atoms with Crippen LogP contribution in [0.25, 0.3) is 33.2 Å². The Kier molecular flexibility index (Phi) is 5.99. The van der Waals surface area contributed by atoms with E-state index in [0.717, 1.165) is 38.8 Å². The Balaban J connectivity index is 1.44. The minimum Gasteiger partial charge on any atom is -0.497 e. The number of aromatic nitrogens is 2. The topological polar surface area (TPSA) is 64.1 Å². The summed E-state index contributed by atoms with van der Waals surface area (Å²) in [5.41, 5.74) is 5.27. The number of nitrogens with zero attached hydrogens (tertiary/aromatic N) is 2. The lowest BCUT2D eigenvalue weighted by Gasteiger charge is -2.14. The molecular formula is C29H23N3O2. The van der Waals surface area contributed by atoms with Gasteiger partial charge in [-0.25, -0.2) is 0 Å². The number of hydrogen-bond donors (Lipinski definition) is 1. The molecule has 5 aromatic rings. The lowest BCUT2D eigenvalue weighted by Crippen LogP contribution is -2.24. The van der Waals surface area contributed by atoms with Gasteiger partial charge in [0.25, 0.3) is 5.91 Å². The second kappa shape index (κ2) is 9.55. The fourth-order valence-electron chi connectivity index (χ4n) is 4.13. The van der Waals surface area contributed by atoms with Gasteiger partial charge in [-0.2, -0.15) is 0 Å². The Bertz CT molecular complexity index is 1470. The summed E-state index contributed by atoms with van der Waals surface area (Å²) in [5.74, 6) is 0.641. The maximum Gasteiger partial charge on any atom is 0.253 e. The molecule has 0 fully saturated rings. The highest BCUT2D eigenvalue weighted by molar-refractivity contribution is 6.01. The molecule has 2 heterocycles. The first-order chi connectivity index (χ1) is 16.7. The summed E-state index contributed by atoms with van der Waals surface area (Å²) < 4.78 is 5.40. The largest absolute Gasteiger partial charge is 0.497 e. The van der Waals surface area contributed by atoms with Crippen LogP contribution in [0.4, 0.5) is 0 Å². The average Bonchev–Trinajstić information content (AvgIpc) is 2.92. The molecule has 0 aliphatic carbocycles. The molecule has 0 spiro atoms. The number of benzene rings is 3. The van der Waals surface area contributed by atoms with E-state index in [1.807, 2.05) is 66.9 Å². The van der Waals surface area contributed by atoms with E-state index in [-0.39, 0.29) is 5.91 Å². The molecule has 0 radical (unpaired) electrons. The first-order valence-corrected chi connectivity index (χ1v) is 11.0. The van der Waals surface area contributed by atoms with E-state index in [1.165, 1.54) is 0 Å². The van der Waals surface area contributed by atoms with Crippen molar-refractivity contribution < 1.29 is 9.53 Å². The maximum absolute atomic E-state index is 13.1. The van der Waals surface area contributed by atoms with Gasteiger partial charge in [-0.05, 0) is 52.4 Å². The SMILES string of the molecule is COc1cccc(-c2ccc(CNC(=O)c3cccnc3-c3ccccc3)c3cnccc23)c1. The van der Waals surface area contributed by atoms with Crippen molar-refractivity contribution in [1.82, 2.24) is 15.3 Å². The standard InChI is InChI=1S/C29H23N3O2/c1-34-23-10-5-9-21(17-23)24-13-12-22(27-19-30-16-14-25(24)27)18-32-29(33)26-11-6-15-31-28(26)20-7-3-2-4-8-20/h2-17,19H,18H2,1H3,(H,32,33). The minimum absolute atomic E-state index is 0.166. The molecule has 1 amide bonds. The number of nitrogens with one attached hydrogen (secondary N) is 1. The van der Waals surface area contributed by atoms with Crippen molar-refractivity contribution in [3.05, 3.63) is 115 Å². The molecule has 0 aliphatic rings. The summed E-state index contributed by atoms with van der Waals surface area (Å²) in [4.78, 5) is 21.9. The van der Waals surface area contributed by atoms with E-state index in [0.29, 0.717) is 17.8 Å². The highest BCUT2D eigenvalue weighted by Crippen LogP contribution is 2.32. The van der Waals surface area contributed by atoms with Crippen LogP contribution in [0.1, 0.15) is 15.9 Å². The number of carbonyl (C=O) groups is 1. The normalized spacial score (nSPS) is 10.7. The molecule has 5 nitrogen and oxygen atoms in total. The molecule has 34 heavy (non-hydrogen) atoms. The van der Waals surface area contributed by atoms with Crippen LogP contribution < -0.4 is 10.1 Å². The van der Waals surface area contributed by atoms with E-state index < -0.39 is 0 Å². The van der Waals surface area contributed by atoms with Gasteiger partial charge in [0, 0.05) is 36.1 Å². The van der Waals surface area contributed by atoms with Gasteiger partial charge in [0.1, 0.15) is 5.75 Å². The maximum atomic E-state index is 13.1. The van der Waals surface area contributed by atoms with E-state index in [4.69, 9.17) is 4.74 Å². The average molecular weight is 446 g/mol. The lowest BCUT2D eigenvalue weighted by molar-refractivity contribution is 0.0951. The number of fused-ring (bicyclic) bond motifs is 1. The van der Waals surface area contributed by atoms with Gasteiger partial charge in [-0.15, -0.1) is 0 Å². The number of carbonyl (C=O) groups excluding carboxylic acids is 1. The fraction of sp³-hybridized carbons (Fsp3) is 0.0690. The van der Waals surface area contributed by atoms with Gasteiger partial charge >= 0.3 is 0 Å². The van der Waals surface area contributed by atoms with Crippen LogP contribution in [0, 0.1) is 0 Å². The molecule has 2 aromatic heterocycles. The first kappa shape index (κ1) is 21.3. The molecule has 0 aliphatic heterocycles. The zero-order valence-corrected chi connectivity index (χ0v) is 18.7. The van der Waals surface area contributed by atoms with Gasteiger partial charge < -0.3 is 10.1 Å². The van der Waals surface area contributed by atoms with Crippen LogP contribution in [-0.4, -0.2) is 23.0 Å². The quantitative estimate of drug-likeness (QED) is 0.353. The summed E-state index contributed by atoms with van der Waals surface area (Å²) in [5, 5.41) is 5.14. The monoisotopic (exact) mass is 445 g/mol. The van der Waals surface area contributed by atoms with Crippen LogP contribution in [-0.2, 0) is 6.54 Å². The minimum atomic E-state index is -0.166. The number of ether oxygens (including phenoxy) is 1. The number of pyridine rings is 2. The first-order valence-electron chi connectivity index (χ1n) is 11.0. The predicted octanol–water partition coefficient (Wildman–Crippen LogP) is 5.90. The molecule has 166 valence electrons. The van der Waals surface area contributed by atoms with Crippen molar-refractivity contribution in [1.29, 1.82) is 0 Å². The molecule has 0 bridgehead atoms. The lowest BCUT2D eigenvalue weighted by atomic mass is 9.96.